The first kappa shape index (κ1) is 31.4. The van der Waals surface area contributed by atoms with E-state index in [2.05, 4.69) is 203 Å². The second kappa shape index (κ2) is 11.8. The Bertz CT molecular complexity index is 3780. The van der Waals surface area contributed by atoms with E-state index in [9.17, 15) is 0 Å². The maximum atomic E-state index is 5.84. The van der Waals surface area contributed by atoms with Gasteiger partial charge in [0.2, 0.25) is 0 Å². The summed E-state index contributed by atoms with van der Waals surface area (Å²) in [5.41, 5.74) is 13.9. The van der Waals surface area contributed by atoms with Gasteiger partial charge in [0.1, 0.15) is 5.69 Å². The van der Waals surface area contributed by atoms with Gasteiger partial charge in [-0.25, -0.2) is 9.97 Å². The Labute approximate surface area is 332 Å². The monoisotopic (exact) mass is 736 g/mol. The minimum atomic E-state index is 0.806. The van der Waals surface area contributed by atoms with E-state index in [0.717, 1.165) is 66.6 Å². The highest BCUT2D eigenvalue weighted by atomic mass is 15.1. The van der Waals surface area contributed by atoms with Crippen molar-refractivity contribution in [2.45, 2.75) is 0 Å². The molecule has 4 heterocycles. The lowest BCUT2D eigenvalue weighted by Gasteiger charge is -2.17. The molecule has 0 N–H and O–H groups in total. The van der Waals surface area contributed by atoms with Crippen LogP contribution in [0.1, 0.15) is 0 Å². The molecular formula is C54H32N4. The highest BCUT2D eigenvalue weighted by Gasteiger charge is 2.25. The largest absolute Gasteiger partial charge is 0.308 e. The molecule has 268 valence electrons. The van der Waals surface area contributed by atoms with Crippen LogP contribution in [0.15, 0.2) is 194 Å². The Morgan fingerprint density at radius 2 is 0.914 bits per heavy atom. The molecule has 0 aliphatic rings. The van der Waals surface area contributed by atoms with E-state index in [1.54, 1.807) is 0 Å². The number of para-hydroxylation sites is 2. The Hall–Kier alpha value is -7.82. The SMILES string of the molecule is c1ccc(-c2cccc(-c3cc4ccccc4c4nc(-c5ccccc5)c(-n5c6cccc7c8cccc9c%10ccccc%10n(c%10cccc5c%10c76)c89)nc34)c2)cc1. The zero-order valence-electron chi connectivity index (χ0n) is 31.3. The highest BCUT2D eigenvalue weighted by Crippen LogP contribution is 2.45. The fourth-order valence-corrected chi connectivity index (χ4v) is 9.74. The minimum Gasteiger partial charge on any atom is -0.308 e. The van der Waals surface area contributed by atoms with Crippen LogP contribution in [-0.2, 0) is 0 Å². The third-order valence-electron chi connectivity index (χ3n) is 12.2. The number of benzene rings is 9. The molecule has 0 bridgehead atoms. The fourth-order valence-electron chi connectivity index (χ4n) is 9.74. The molecule has 0 atom stereocenters. The first-order valence-electron chi connectivity index (χ1n) is 19.8. The number of fused-ring (bicyclic) bond motifs is 8. The van der Waals surface area contributed by atoms with Crippen LogP contribution in [0.4, 0.5) is 0 Å². The van der Waals surface area contributed by atoms with Crippen molar-refractivity contribution in [3.63, 3.8) is 0 Å². The quantitative estimate of drug-likeness (QED) is 0.169. The second-order valence-corrected chi connectivity index (χ2v) is 15.3. The van der Waals surface area contributed by atoms with Crippen LogP contribution in [0.25, 0.3) is 121 Å². The van der Waals surface area contributed by atoms with Crippen molar-refractivity contribution in [3.8, 4) is 39.3 Å². The molecule has 4 nitrogen and oxygen atoms in total. The van der Waals surface area contributed by atoms with Crippen molar-refractivity contribution < 1.29 is 0 Å². The second-order valence-electron chi connectivity index (χ2n) is 15.3. The number of aromatic nitrogens is 4. The first-order valence-corrected chi connectivity index (χ1v) is 19.8. The van der Waals surface area contributed by atoms with Gasteiger partial charge in [0.05, 0.1) is 38.6 Å². The van der Waals surface area contributed by atoms with Crippen LogP contribution in [-0.4, -0.2) is 18.9 Å². The van der Waals surface area contributed by atoms with E-state index in [-0.39, 0.29) is 0 Å². The third-order valence-corrected chi connectivity index (χ3v) is 12.2. The van der Waals surface area contributed by atoms with Gasteiger partial charge in [-0.3, -0.25) is 4.57 Å². The van der Waals surface area contributed by atoms with Crippen molar-refractivity contribution in [1.29, 1.82) is 0 Å². The predicted molar refractivity (Wildman–Crippen MR) is 242 cm³/mol. The summed E-state index contributed by atoms with van der Waals surface area (Å²) >= 11 is 0. The molecule has 0 fully saturated rings. The molecule has 0 spiro atoms. The van der Waals surface area contributed by atoms with E-state index in [0.29, 0.717) is 0 Å². The summed E-state index contributed by atoms with van der Waals surface area (Å²) in [6.45, 7) is 0. The van der Waals surface area contributed by atoms with Crippen molar-refractivity contribution in [2.75, 3.05) is 0 Å². The molecule has 58 heavy (non-hydrogen) atoms. The van der Waals surface area contributed by atoms with Gasteiger partial charge >= 0.3 is 0 Å². The van der Waals surface area contributed by atoms with E-state index < -0.39 is 0 Å². The number of hydrogen-bond donors (Lipinski definition) is 0. The molecule has 0 unspecified atom stereocenters. The standard InChI is InChI=1S/C54H32N4/c1-3-15-33(16-4-1)35-20-11-21-36(31-35)43-32-37-19-7-8-22-38(37)51-52(43)56-54(50(55-51)34-17-5-2-6-18-34)58-45-28-13-24-40-42-26-12-25-41-39-23-9-10-27-44(39)57(53(41)42)46-29-14-30-47(58)49(46)48(40)45/h1-32H. The van der Waals surface area contributed by atoms with Crippen molar-refractivity contribution in [2.24, 2.45) is 0 Å². The van der Waals surface area contributed by atoms with Gasteiger partial charge in [-0.2, -0.15) is 0 Å². The molecule has 4 aromatic heterocycles. The van der Waals surface area contributed by atoms with Crippen LogP contribution in [0.3, 0.4) is 0 Å². The summed E-state index contributed by atoms with van der Waals surface area (Å²) in [7, 11) is 0. The maximum Gasteiger partial charge on any atom is 0.165 e. The molecule has 0 radical (unpaired) electrons. The number of rotatable bonds is 4. The Balaban J connectivity index is 1.21. The summed E-state index contributed by atoms with van der Waals surface area (Å²) in [5.74, 6) is 0.806. The summed E-state index contributed by atoms with van der Waals surface area (Å²) in [6, 6.07) is 69.9. The van der Waals surface area contributed by atoms with Crippen molar-refractivity contribution in [3.05, 3.63) is 194 Å². The summed E-state index contributed by atoms with van der Waals surface area (Å²) in [6.07, 6.45) is 0. The van der Waals surface area contributed by atoms with E-state index >= 15 is 0 Å². The molecule has 0 saturated heterocycles. The minimum absolute atomic E-state index is 0.806. The van der Waals surface area contributed by atoms with Gasteiger partial charge in [0.15, 0.2) is 5.82 Å². The molecule has 0 saturated carbocycles. The smallest absolute Gasteiger partial charge is 0.165 e. The third kappa shape index (κ3) is 4.29. The molecular weight excluding hydrogens is 705 g/mol. The number of hydrogen-bond acceptors (Lipinski definition) is 2. The fraction of sp³-hybridized carbons (Fsp3) is 0. The van der Waals surface area contributed by atoms with Crippen molar-refractivity contribution >= 4 is 81.7 Å². The highest BCUT2D eigenvalue weighted by molar-refractivity contribution is 6.31. The van der Waals surface area contributed by atoms with E-state index in [4.69, 9.17) is 9.97 Å². The van der Waals surface area contributed by atoms with E-state index in [1.807, 2.05) is 0 Å². The van der Waals surface area contributed by atoms with Crippen LogP contribution >= 0.6 is 0 Å². The molecule has 9 aromatic carbocycles. The molecule has 4 heteroatoms. The van der Waals surface area contributed by atoms with Gasteiger partial charge in [-0.15, -0.1) is 0 Å². The molecule has 13 aromatic rings. The molecule has 0 amide bonds. The molecule has 0 aliphatic heterocycles. The lowest BCUT2D eigenvalue weighted by molar-refractivity contribution is 1.08. The van der Waals surface area contributed by atoms with Crippen molar-refractivity contribution in [1.82, 2.24) is 18.9 Å². The van der Waals surface area contributed by atoms with Crippen LogP contribution in [0.2, 0.25) is 0 Å². The Kier molecular flexibility index (Phi) is 6.41. The van der Waals surface area contributed by atoms with Gasteiger partial charge in [0.25, 0.3) is 0 Å². The molecule has 13 rings (SSSR count). The average Bonchev–Trinajstić information content (AvgIpc) is 3.78. The Morgan fingerprint density at radius 3 is 1.76 bits per heavy atom. The predicted octanol–water partition coefficient (Wildman–Crippen LogP) is 14.0. The zero-order valence-corrected chi connectivity index (χ0v) is 31.3. The maximum absolute atomic E-state index is 5.84. The van der Waals surface area contributed by atoms with Gasteiger partial charge < -0.3 is 4.40 Å². The summed E-state index contributed by atoms with van der Waals surface area (Å²) in [5, 5.41) is 9.63. The first-order chi connectivity index (χ1) is 28.8. The average molecular weight is 737 g/mol. The summed E-state index contributed by atoms with van der Waals surface area (Å²) in [4.78, 5) is 11.5. The van der Waals surface area contributed by atoms with Gasteiger partial charge in [0, 0.05) is 43.4 Å². The summed E-state index contributed by atoms with van der Waals surface area (Å²) < 4.78 is 4.86. The zero-order chi connectivity index (χ0) is 37.9. The lowest BCUT2D eigenvalue weighted by Crippen LogP contribution is -2.05. The van der Waals surface area contributed by atoms with Crippen LogP contribution in [0, 0.1) is 0 Å². The number of nitrogens with zero attached hydrogens (tertiary/aromatic N) is 4. The topological polar surface area (TPSA) is 35.1 Å². The molecule has 0 aliphatic carbocycles. The van der Waals surface area contributed by atoms with E-state index in [1.165, 1.54) is 54.4 Å². The normalized spacial score (nSPS) is 12.1. The van der Waals surface area contributed by atoms with Crippen LogP contribution in [0.5, 0.6) is 0 Å². The van der Waals surface area contributed by atoms with Crippen LogP contribution < -0.4 is 0 Å². The lowest BCUT2D eigenvalue weighted by atomic mass is 9.95. The van der Waals surface area contributed by atoms with Gasteiger partial charge in [-0.1, -0.05) is 158 Å². The Morgan fingerprint density at radius 1 is 0.345 bits per heavy atom. The van der Waals surface area contributed by atoms with Gasteiger partial charge in [-0.05, 0) is 63.9 Å².